The Labute approximate surface area is 117 Å². The zero-order chi connectivity index (χ0) is 13.5. The van der Waals surface area contributed by atoms with Gasteiger partial charge in [-0.3, -0.25) is 4.79 Å². The maximum Gasteiger partial charge on any atom is 0.224 e. The predicted octanol–water partition coefficient (Wildman–Crippen LogP) is 2.51. The lowest BCUT2D eigenvalue weighted by Crippen LogP contribution is -2.30. The first-order chi connectivity index (χ1) is 8.47. The summed E-state index contributed by atoms with van der Waals surface area (Å²) in [5.41, 5.74) is 0.991. The van der Waals surface area contributed by atoms with E-state index in [2.05, 4.69) is 21.2 Å². The van der Waals surface area contributed by atoms with Crippen molar-refractivity contribution in [3.8, 4) is 0 Å². The van der Waals surface area contributed by atoms with E-state index in [0.29, 0.717) is 19.4 Å². The van der Waals surface area contributed by atoms with Crippen LogP contribution in [0, 0.1) is 5.92 Å². The van der Waals surface area contributed by atoms with E-state index in [9.17, 15) is 9.90 Å². The summed E-state index contributed by atoms with van der Waals surface area (Å²) in [5.74, 6) is 0.307. The number of amides is 1. The molecule has 0 fully saturated rings. The highest BCUT2D eigenvalue weighted by molar-refractivity contribution is 9.10. The normalized spacial score (nSPS) is 14.0. The quantitative estimate of drug-likeness (QED) is 0.848. The number of hydrogen-bond acceptors (Lipinski definition) is 2. The van der Waals surface area contributed by atoms with Gasteiger partial charge >= 0.3 is 0 Å². The molecule has 2 atom stereocenters. The van der Waals surface area contributed by atoms with Crippen LogP contribution in [0.25, 0.3) is 0 Å². The van der Waals surface area contributed by atoms with Gasteiger partial charge in [0, 0.05) is 11.0 Å². The zero-order valence-electron chi connectivity index (χ0n) is 10.8. The van der Waals surface area contributed by atoms with E-state index in [1.807, 2.05) is 31.2 Å². The number of hydrogen-bond donors (Lipinski definition) is 2. The molecule has 0 spiro atoms. The van der Waals surface area contributed by atoms with Crippen LogP contribution in [0.1, 0.15) is 25.8 Å². The van der Waals surface area contributed by atoms with E-state index in [0.717, 1.165) is 10.0 Å². The summed E-state index contributed by atoms with van der Waals surface area (Å²) >= 11 is 3.38. The fraction of sp³-hybridized carbons (Fsp3) is 0.500. The second kappa shape index (κ2) is 7.54. The Morgan fingerprint density at radius 3 is 2.78 bits per heavy atom. The third kappa shape index (κ3) is 6.17. The lowest BCUT2D eigenvalue weighted by atomic mass is 10.0. The number of aliphatic hydroxyl groups is 1. The number of carbonyl (C=O) groups excluding carboxylic acids is 1. The Balaban J connectivity index is 2.34. The van der Waals surface area contributed by atoms with Crippen LogP contribution in [0.3, 0.4) is 0 Å². The molecule has 0 aliphatic carbocycles. The monoisotopic (exact) mass is 313 g/mol. The highest BCUT2D eigenvalue weighted by Crippen LogP contribution is 2.12. The highest BCUT2D eigenvalue weighted by atomic mass is 79.9. The van der Waals surface area contributed by atoms with Crippen molar-refractivity contribution in [1.82, 2.24) is 5.32 Å². The second-order valence-corrected chi connectivity index (χ2v) is 5.72. The molecule has 1 aromatic rings. The van der Waals surface area contributed by atoms with Crippen LogP contribution >= 0.6 is 15.9 Å². The van der Waals surface area contributed by atoms with Crippen molar-refractivity contribution >= 4 is 21.8 Å². The molecule has 0 aliphatic rings. The fourth-order valence-electron chi connectivity index (χ4n) is 1.85. The SMILES string of the molecule is CC(O)CC(C)CNC(=O)Cc1cccc(Br)c1. The third-order valence-corrected chi connectivity index (χ3v) is 3.14. The largest absolute Gasteiger partial charge is 0.393 e. The van der Waals surface area contributed by atoms with Crippen LogP contribution in [0.4, 0.5) is 0 Å². The lowest BCUT2D eigenvalue weighted by molar-refractivity contribution is -0.120. The molecule has 4 heteroatoms. The zero-order valence-corrected chi connectivity index (χ0v) is 12.4. The molecule has 1 rings (SSSR count). The average Bonchev–Trinajstić information content (AvgIpc) is 2.25. The van der Waals surface area contributed by atoms with Crippen LogP contribution in [-0.4, -0.2) is 23.7 Å². The maximum absolute atomic E-state index is 11.7. The summed E-state index contributed by atoms with van der Waals surface area (Å²) in [6, 6.07) is 7.73. The van der Waals surface area contributed by atoms with E-state index in [-0.39, 0.29) is 17.9 Å². The molecule has 0 aliphatic heterocycles. The standard InChI is InChI=1S/C14H20BrNO2/c1-10(6-11(2)17)9-16-14(18)8-12-4-3-5-13(15)7-12/h3-5,7,10-11,17H,6,8-9H2,1-2H3,(H,16,18). The number of rotatable bonds is 6. The molecule has 0 radical (unpaired) electrons. The lowest BCUT2D eigenvalue weighted by Gasteiger charge is -2.14. The van der Waals surface area contributed by atoms with Gasteiger partial charge in [0.2, 0.25) is 5.91 Å². The minimum atomic E-state index is -0.318. The van der Waals surface area contributed by atoms with Gasteiger partial charge in [0.25, 0.3) is 0 Å². The van der Waals surface area contributed by atoms with E-state index < -0.39 is 0 Å². The molecule has 1 aromatic carbocycles. The van der Waals surface area contributed by atoms with Crippen molar-refractivity contribution in [3.05, 3.63) is 34.3 Å². The summed E-state index contributed by atoms with van der Waals surface area (Å²) in [4.78, 5) is 11.7. The maximum atomic E-state index is 11.7. The molecule has 2 unspecified atom stereocenters. The molecule has 100 valence electrons. The molecule has 3 nitrogen and oxygen atoms in total. The molecular formula is C14H20BrNO2. The van der Waals surface area contributed by atoms with E-state index >= 15 is 0 Å². The molecule has 0 heterocycles. The number of benzene rings is 1. The van der Waals surface area contributed by atoms with Crippen LogP contribution in [0.5, 0.6) is 0 Å². The minimum Gasteiger partial charge on any atom is -0.393 e. The average molecular weight is 314 g/mol. The van der Waals surface area contributed by atoms with E-state index in [1.165, 1.54) is 0 Å². The fourth-order valence-corrected chi connectivity index (χ4v) is 2.30. The summed E-state index contributed by atoms with van der Waals surface area (Å²) in [5, 5.41) is 12.1. The van der Waals surface area contributed by atoms with Gasteiger partial charge in [-0.1, -0.05) is 35.0 Å². The van der Waals surface area contributed by atoms with Gasteiger partial charge in [-0.25, -0.2) is 0 Å². The van der Waals surface area contributed by atoms with Gasteiger partial charge in [-0.15, -0.1) is 0 Å². The highest BCUT2D eigenvalue weighted by Gasteiger charge is 2.08. The van der Waals surface area contributed by atoms with Gasteiger partial charge in [0.15, 0.2) is 0 Å². The van der Waals surface area contributed by atoms with Crippen LogP contribution in [-0.2, 0) is 11.2 Å². The van der Waals surface area contributed by atoms with Crippen molar-refractivity contribution in [1.29, 1.82) is 0 Å². The van der Waals surface area contributed by atoms with Crippen molar-refractivity contribution < 1.29 is 9.90 Å². The van der Waals surface area contributed by atoms with Gasteiger partial charge in [0.1, 0.15) is 0 Å². The first kappa shape index (κ1) is 15.2. The summed E-state index contributed by atoms with van der Waals surface area (Å²) < 4.78 is 0.982. The van der Waals surface area contributed by atoms with E-state index in [1.54, 1.807) is 6.92 Å². The Kier molecular flexibility index (Phi) is 6.36. The molecule has 2 N–H and O–H groups in total. The molecule has 0 aromatic heterocycles. The minimum absolute atomic E-state index is 0.0190. The van der Waals surface area contributed by atoms with Gasteiger partial charge in [-0.05, 0) is 37.0 Å². The van der Waals surface area contributed by atoms with E-state index in [4.69, 9.17) is 0 Å². The molecular weight excluding hydrogens is 294 g/mol. The summed E-state index contributed by atoms with van der Waals surface area (Å²) in [7, 11) is 0. The molecule has 0 saturated heterocycles. The van der Waals surface area contributed by atoms with Gasteiger partial charge in [-0.2, -0.15) is 0 Å². The Morgan fingerprint density at radius 2 is 2.17 bits per heavy atom. The van der Waals surface area contributed by atoms with Crippen LogP contribution in [0.2, 0.25) is 0 Å². The summed E-state index contributed by atoms with van der Waals surface area (Å²) in [6.45, 7) is 4.39. The first-order valence-corrected chi connectivity index (χ1v) is 6.96. The van der Waals surface area contributed by atoms with Crippen molar-refractivity contribution in [2.24, 2.45) is 5.92 Å². The second-order valence-electron chi connectivity index (χ2n) is 4.80. The van der Waals surface area contributed by atoms with Gasteiger partial charge in [0.05, 0.1) is 12.5 Å². The van der Waals surface area contributed by atoms with Crippen LogP contribution in [0.15, 0.2) is 28.7 Å². The Hall–Kier alpha value is -0.870. The Morgan fingerprint density at radius 1 is 1.44 bits per heavy atom. The number of carbonyl (C=O) groups is 1. The molecule has 1 amide bonds. The first-order valence-electron chi connectivity index (χ1n) is 6.16. The van der Waals surface area contributed by atoms with Gasteiger partial charge < -0.3 is 10.4 Å². The van der Waals surface area contributed by atoms with Crippen molar-refractivity contribution in [2.45, 2.75) is 32.8 Å². The number of halogens is 1. The van der Waals surface area contributed by atoms with Crippen molar-refractivity contribution in [2.75, 3.05) is 6.54 Å². The summed E-state index contributed by atoms with van der Waals surface area (Å²) in [6.07, 6.45) is 0.778. The van der Waals surface area contributed by atoms with Crippen molar-refractivity contribution in [3.63, 3.8) is 0 Å². The molecule has 0 saturated carbocycles. The molecule has 18 heavy (non-hydrogen) atoms. The smallest absolute Gasteiger partial charge is 0.224 e. The number of nitrogens with one attached hydrogen (secondary N) is 1. The van der Waals surface area contributed by atoms with Crippen LogP contribution < -0.4 is 5.32 Å². The number of aliphatic hydroxyl groups excluding tert-OH is 1. The topological polar surface area (TPSA) is 49.3 Å². The predicted molar refractivity (Wildman–Crippen MR) is 76.3 cm³/mol. The molecule has 0 bridgehead atoms. The third-order valence-electron chi connectivity index (χ3n) is 2.64. The Bertz CT molecular complexity index is 393.